The lowest BCUT2D eigenvalue weighted by Crippen LogP contribution is -1.95. The van der Waals surface area contributed by atoms with E-state index in [1.807, 2.05) is 0 Å². The van der Waals surface area contributed by atoms with E-state index in [1.165, 1.54) is 14.0 Å². The fraction of sp³-hybridized carbons (Fsp3) is 0.231. The fourth-order valence-corrected chi connectivity index (χ4v) is 1.24. The highest BCUT2D eigenvalue weighted by molar-refractivity contribution is 5.94. The van der Waals surface area contributed by atoms with Crippen LogP contribution in [0, 0.1) is 11.8 Å². The molecule has 0 aliphatic heterocycles. The molecule has 1 N–H and O–H groups in total. The van der Waals surface area contributed by atoms with Crippen LogP contribution in [0.5, 0.6) is 5.75 Å². The van der Waals surface area contributed by atoms with E-state index in [9.17, 15) is 9.59 Å². The van der Waals surface area contributed by atoms with Gasteiger partial charge in [-0.05, 0) is 25.1 Å². The van der Waals surface area contributed by atoms with Gasteiger partial charge in [0.2, 0.25) is 0 Å². The Morgan fingerprint density at radius 3 is 2.65 bits per heavy atom. The number of carbonyl (C=O) groups is 2. The molecule has 0 spiro atoms. The van der Waals surface area contributed by atoms with Crippen LogP contribution >= 0.6 is 0 Å². The molecular formula is C13H12O4. The van der Waals surface area contributed by atoms with Crippen LogP contribution in [-0.2, 0) is 4.79 Å². The molecule has 0 bridgehead atoms. The van der Waals surface area contributed by atoms with Gasteiger partial charge < -0.3 is 9.84 Å². The topological polar surface area (TPSA) is 63.6 Å². The van der Waals surface area contributed by atoms with E-state index in [0.717, 1.165) is 0 Å². The second kappa shape index (κ2) is 5.71. The average molecular weight is 232 g/mol. The summed E-state index contributed by atoms with van der Waals surface area (Å²) in [6.07, 6.45) is -0.243. The Hall–Kier alpha value is -2.28. The summed E-state index contributed by atoms with van der Waals surface area (Å²) >= 11 is 0. The molecule has 0 saturated carbocycles. The van der Waals surface area contributed by atoms with Crippen molar-refractivity contribution >= 4 is 11.8 Å². The third-order valence-electron chi connectivity index (χ3n) is 2.07. The number of aliphatic carboxylic acids is 1. The van der Waals surface area contributed by atoms with Crippen molar-refractivity contribution in [2.45, 2.75) is 13.3 Å². The molecule has 17 heavy (non-hydrogen) atoms. The van der Waals surface area contributed by atoms with Gasteiger partial charge in [0.25, 0.3) is 0 Å². The number of hydrogen-bond donors (Lipinski definition) is 1. The predicted molar refractivity (Wildman–Crippen MR) is 62.1 cm³/mol. The first-order valence-corrected chi connectivity index (χ1v) is 4.94. The third-order valence-corrected chi connectivity index (χ3v) is 2.07. The van der Waals surface area contributed by atoms with Crippen LogP contribution in [0.3, 0.4) is 0 Å². The number of carboxylic acids is 1. The van der Waals surface area contributed by atoms with Crippen molar-refractivity contribution in [3.05, 3.63) is 29.3 Å². The minimum atomic E-state index is -0.987. The molecule has 0 aliphatic carbocycles. The highest BCUT2D eigenvalue weighted by Gasteiger charge is 2.05. The minimum absolute atomic E-state index is 0.0751. The largest absolute Gasteiger partial charge is 0.495 e. The van der Waals surface area contributed by atoms with E-state index in [4.69, 9.17) is 9.84 Å². The molecule has 0 saturated heterocycles. The Morgan fingerprint density at radius 2 is 2.12 bits per heavy atom. The minimum Gasteiger partial charge on any atom is -0.495 e. The van der Waals surface area contributed by atoms with Gasteiger partial charge in [-0.1, -0.05) is 11.8 Å². The van der Waals surface area contributed by atoms with Crippen molar-refractivity contribution < 1.29 is 19.4 Å². The van der Waals surface area contributed by atoms with Crippen molar-refractivity contribution in [3.63, 3.8) is 0 Å². The Balaban J connectivity index is 3.08. The number of carboxylic acid groups (broad SMARTS) is 1. The van der Waals surface area contributed by atoms with Crippen LogP contribution in [0.25, 0.3) is 0 Å². The number of carbonyl (C=O) groups excluding carboxylic acids is 1. The van der Waals surface area contributed by atoms with Crippen LogP contribution in [-0.4, -0.2) is 24.0 Å². The van der Waals surface area contributed by atoms with Gasteiger partial charge in [0, 0.05) is 5.56 Å². The standard InChI is InChI=1S/C13H12O4/c1-9(14)10-6-7-12(17-2)11(8-10)4-3-5-13(15)16/h6-8H,5H2,1-2H3,(H,15,16). The number of benzene rings is 1. The molecule has 1 aromatic rings. The number of methoxy groups -OCH3 is 1. The summed E-state index contributed by atoms with van der Waals surface area (Å²) < 4.78 is 5.08. The zero-order valence-corrected chi connectivity index (χ0v) is 9.61. The van der Waals surface area contributed by atoms with E-state index in [-0.39, 0.29) is 12.2 Å². The second-order valence-corrected chi connectivity index (χ2v) is 3.34. The molecule has 0 heterocycles. The molecule has 4 nitrogen and oxygen atoms in total. The van der Waals surface area contributed by atoms with Gasteiger partial charge in [0.15, 0.2) is 5.78 Å². The molecule has 88 valence electrons. The van der Waals surface area contributed by atoms with E-state index in [2.05, 4.69) is 11.8 Å². The van der Waals surface area contributed by atoms with Crippen molar-refractivity contribution in [2.24, 2.45) is 0 Å². The first-order chi connectivity index (χ1) is 8.04. The molecule has 0 unspecified atom stereocenters. The molecule has 0 radical (unpaired) electrons. The number of ether oxygens (including phenoxy) is 1. The summed E-state index contributed by atoms with van der Waals surface area (Å²) in [6.45, 7) is 1.45. The van der Waals surface area contributed by atoms with Crippen LogP contribution in [0.15, 0.2) is 18.2 Å². The average Bonchev–Trinajstić information content (AvgIpc) is 2.28. The maximum absolute atomic E-state index is 11.2. The zero-order valence-electron chi connectivity index (χ0n) is 9.61. The normalized spacial score (nSPS) is 9.06. The smallest absolute Gasteiger partial charge is 0.315 e. The van der Waals surface area contributed by atoms with E-state index in [0.29, 0.717) is 16.9 Å². The van der Waals surface area contributed by atoms with Crippen LogP contribution in [0.2, 0.25) is 0 Å². The lowest BCUT2D eigenvalue weighted by atomic mass is 10.1. The first kappa shape index (κ1) is 12.8. The fourth-order valence-electron chi connectivity index (χ4n) is 1.24. The Labute approximate surface area is 99.2 Å². The number of hydrogen-bond acceptors (Lipinski definition) is 3. The van der Waals surface area contributed by atoms with Crippen molar-refractivity contribution in [2.75, 3.05) is 7.11 Å². The number of ketones is 1. The van der Waals surface area contributed by atoms with Crippen molar-refractivity contribution in [1.29, 1.82) is 0 Å². The van der Waals surface area contributed by atoms with Crippen molar-refractivity contribution in [1.82, 2.24) is 0 Å². The van der Waals surface area contributed by atoms with Gasteiger partial charge in [-0.15, -0.1) is 0 Å². The van der Waals surface area contributed by atoms with Gasteiger partial charge in [0.05, 0.1) is 12.7 Å². The number of Topliss-reactive ketones (excluding diaryl/α,β-unsaturated/α-hetero) is 1. The highest BCUT2D eigenvalue weighted by Crippen LogP contribution is 2.19. The van der Waals surface area contributed by atoms with E-state index < -0.39 is 5.97 Å². The summed E-state index contributed by atoms with van der Waals surface area (Å²) in [7, 11) is 1.49. The van der Waals surface area contributed by atoms with E-state index in [1.54, 1.807) is 18.2 Å². The molecule has 0 aliphatic rings. The maximum atomic E-state index is 11.2. The van der Waals surface area contributed by atoms with Crippen molar-refractivity contribution in [3.8, 4) is 17.6 Å². The Bertz CT molecular complexity index is 506. The summed E-state index contributed by atoms with van der Waals surface area (Å²) in [6, 6.07) is 4.88. The summed E-state index contributed by atoms with van der Waals surface area (Å²) in [5, 5.41) is 8.47. The Kier molecular flexibility index (Phi) is 4.29. The van der Waals surface area contributed by atoms with Gasteiger partial charge >= 0.3 is 5.97 Å². The molecular weight excluding hydrogens is 220 g/mol. The van der Waals surface area contributed by atoms with Gasteiger partial charge in [-0.2, -0.15) is 0 Å². The molecule has 0 fully saturated rings. The molecule has 4 heteroatoms. The number of rotatable bonds is 3. The SMILES string of the molecule is COc1ccc(C(C)=O)cc1C#CCC(=O)O. The summed E-state index contributed by atoms with van der Waals surface area (Å²) in [5.74, 6) is 4.64. The molecule has 0 atom stereocenters. The quantitative estimate of drug-likeness (QED) is 0.636. The third kappa shape index (κ3) is 3.65. The summed E-state index contributed by atoms with van der Waals surface area (Å²) in [5.41, 5.74) is 1.03. The predicted octanol–water partition coefficient (Wildman–Crippen LogP) is 1.72. The van der Waals surface area contributed by atoms with Gasteiger partial charge in [-0.3, -0.25) is 9.59 Å². The highest BCUT2D eigenvalue weighted by atomic mass is 16.5. The maximum Gasteiger partial charge on any atom is 0.315 e. The van der Waals surface area contributed by atoms with Crippen LogP contribution in [0.1, 0.15) is 29.3 Å². The second-order valence-electron chi connectivity index (χ2n) is 3.34. The first-order valence-electron chi connectivity index (χ1n) is 4.94. The molecule has 0 aromatic heterocycles. The monoisotopic (exact) mass is 232 g/mol. The van der Waals surface area contributed by atoms with Crippen LogP contribution in [0.4, 0.5) is 0 Å². The molecule has 1 aromatic carbocycles. The summed E-state index contributed by atoms with van der Waals surface area (Å²) in [4.78, 5) is 21.5. The lowest BCUT2D eigenvalue weighted by molar-refractivity contribution is -0.135. The Morgan fingerprint density at radius 1 is 1.41 bits per heavy atom. The van der Waals surface area contributed by atoms with E-state index >= 15 is 0 Å². The lowest BCUT2D eigenvalue weighted by Gasteiger charge is -2.04. The van der Waals surface area contributed by atoms with Gasteiger partial charge in [0.1, 0.15) is 12.2 Å². The zero-order chi connectivity index (χ0) is 12.8. The molecule has 1 rings (SSSR count). The molecule has 0 amide bonds. The van der Waals surface area contributed by atoms with Gasteiger partial charge in [-0.25, -0.2) is 0 Å². The van der Waals surface area contributed by atoms with Crippen LogP contribution < -0.4 is 4.74 Å².